The van der Waals surface area contributed by atoms with E-state index in [1.165, 1.54) is 18.5 Å². The molecular weight excluding hydrogens is 647 g/mol. The molecule has 6 aliphatic rings. The van der Waals surface area contributed by atoms with Crippen molar-refractivity contribution in [2.75, 3.05) is 0 Å². The van der Waals surface area contributed by atoms with Crippen molar-refractivity contribution >= 4 is 5.43 Å². The van der Waals surface area contributed by atoms with Crippen molar-refractivity contribution in [3.05, 3.63) is 93.9 Å². The maximum atomic E-state index is 2.84. The molecule has 9 unspecified atom stereocenters. The van der Waals surface area contributed by atoms with Gasteiger partial charge in [0.1, 0.15) is 0 Å². The summed E-state index contributed by atoms with van der Waals surface area (Å²) in [6.07, 6.45) is 36.6. The molecule has 0 radical (unpaired) electrons. The summed E-state index contributed by atoms with van der Waals surface area (Å²) in [7, 11) is 0. The number of allylic oxidation sites excluding steroid dienone is 16. The van der Waals surface area contributed by atoms with Gasteiger partial charge in [-0.15, -0.1) is 0 Å². The molecule has 0 N–H and O–H groups in total. The maximum absolute atomic E-state index is 2.84. The van der Waals surface area contributed by atoms with Crippen molar-refractivity contribution in [2.24, 2.45) is 43.8 Å². The van der Waals surface area contributed by atoms with E-state index in [4.69, 9.17) is 0 Å². The van der Waals surface area contributed by atoms with Crippen LogP contribution in [0, 0.1) is 43.8 Å². The minimum absolute atomic E-state index is 0. The first-order chi connectivity index (χ1) is 18.8. The fourth-order valence-corrected chi connectivity index (χ4v) is 37.7. The van der Waals surface area contributed by atoms with Gasteiger partial charge >= 0.3 is 255 Å². The van der Waals surface area contributed by atoms with E-state index in [1.54, 1.807) is 5.57 Å². The molecule has 9 atom stereocenters. The van der Waals surface area contributed by atoms with E-state index in [1.807, 2.05) is 3.28 Å². The zero-order chi connectivity index (χ0) is 29.0. The van der Waals surface area contributed by atoms with E-state index in [-0.39, 0.29) is 62.7 Å². The van der Waals surface area contributed by atoms with E-state index in [0.29, 0.717) is 5.92 Å². The first-order valence-electron chi connectivity index (χ1n) is 16.0. The first kappa shape index (κ1) is 34.5. The Hall–Kier alpha value is -0.400. The van der Waals surface area contributed by atoms with Crippen molar-refractivity contribution in [2.45, 2.75) is 91.4 Å². The Labute approximate surface area is 277 Å². The standard InChI is InChI=1S/C29H37.C5H5.C4H10Si.2ClH.Zr/c1-21-14-13-15-22-20-27(6)25(4)18-10-9-16-23(25,2)24(3)17-11-12-19-26(24,5)29(27,8)28(21,22)7;1-2-4-5-3-1;1-3-5-4-2;;;/h9-20,22H,1-8H3;1-3H,4H2;3-4H2,1-2H3;2*1H;/q;;;;;+2/p-2. The summed E-state index contributed by atoms with van der Waals surface area (Å²) in [4.78, 5) is 0. The fourth-order valence-electron chi connectivity index (χ4n) is 12.2. The molecule has 0 amide bonds. The summed E-state index contributed by atoms with van der Waals surface area (Å²) < 4.78 is 2.70. The molecule has 0 aromatic rings. The Morgan fingerprint density at radius 3 is 1.76 bits per heavy atom. The molecule has 4 heteroatoms. The Balaban J connectivity index is 0.00000202. The monoisotopic (exact) mass is 696 g/mol. The topological polar surface area (TPSA) is 0 Å². The Morgan fingerprint density at radius 1 is 0.714 bits per heavy atom. The molecule has 0 bridgehead atoms. The molecule has 42 heavy (non-hydrogen) atoms. The molecule has 0 nitrogen and oxygen atoms in total. The van der Waals surface area contributed by atoms with Crippen molar-refractivity contribution in [1.82, 2.24) is 0 Å². The molecule has 6 aliphatic carbocycles. The van der Waals surface area contributed by atoms with E-state index < -0.39 is 25.8 Å². The average molecular weight is 699 g/mol. The third kappa shape index (κ3) is 3.41. The Kier molecular flexibility index (Phi) is 8.91. The predicted octanol–water partition coefficient (Wildman–Crippen LogP) is 4.73. The molecule has 0 aromatic heterocycles. The van der Waals surface area contributed by atoms with Gasteiger partial charge in [-0.1, -0.05) is 0 Å². The maximum Gasteiger partial charge on any atom is -1.00 e. The molecule has 0 saturated heterocycles. The number of halogens is 2. The van der Waals surface area contributed by atoms with Gasteiger partial charge in [-0.3, -0.25) is 0 Å². The van der Waals surface area contributed by atoms with Crippen molar-refractivity contribution in [3.8, 4) is 0 Å². The third-order valence-corrected chi connectivity index (χ3v) is 38.6. The minimum atomic E-state index is -2.18. The molecule has 0 spiro atoms. The van der Waals surface area contributed by atoms with Crippen LogP contribution in [0.2, 0.25) is 15.7 Å². The predicted molar refractivity (Wildman–Crippen MR) is 172 cm³/mol. The zero-order valence-corrected chi connectivity index (χ0v) is 32.6. The first-order valence-corrected chi connectivity index (χ1v) is 24.2. The fraction of sp³-hybridized carbons (Fsp3) is 0.579. The molecule has 226 valence electrons. The van der Waals surface area contributed by atoms with Crippen LogP contribution in [0.1, 0.15) is 75.7 Å². The van der Waals surface area contributed by atoms with Gasteiger partial charge < -0.3 is 24.8 Å². The zero-order valence-electron chi connectivity index (χ0n) is 27.6. The second kappa shape index (κ2) is 10.9. The van der Waals surface area contributed by atoms with E-state index in [2.05, 4.69) is 154 Å². The smallest absolute Gasteiger partial charge is 1.00 e. The van der Waals surface area contributed by atoms with Crippen LogP contribution in [0.5, 0.6) is 0 Å². The Morgan fingerprint density at radius 2 is 1.24 bits per heavy atom. The average Bonchev–Trinajstić information content (AvgIpc) is 3.52. The van der Waals surface area contributed by atoms with Gasteiger partial charge in [-0.2, -0.15) is 0 Å². The summed E-state index contributed by atoms with van der Waals surface area (Å²) in [5, 5.41) is 0. The largest absolute Gasteiger partial charge is 1.00 e. The molecule has 0 aliphatic heterocycles. The summed E-state index contributed by atoms with van der Waals surface area (Å²) in [6, 6.07) is 2.86. The number of hydrogen-bond donors (Lipinski definition) is 0. The summed E-state index contributed by atoms with van der Waals surface area (Å²) in [6.45, 7) is 26.6. The van der Waals surface area contributed by atoms with Gasteiger partial charge in [0.05, 0.1) is 0 Å². The Bertz CT molecular complexity index is 1430. The molecule has 2 saturated carbocycles. The quantitative estimate of drug-likeness (QED) is 0.373. The van der Waals surface area contributed by atoms with Gasteiger partial charge in [0, 0.05) is 0 Å². The molecule has 0 aromatic carbocycles. The second-order valence-electron chi connectivity index (χ2n) is 15.1. The minimum Gasteiger partial charge on any atom is -1.00 e. The van der Waals surface area contributed by atoms with E-state index in [0.717, 1.165) is 3.63 Å². The van der Waals surface area contributed by atoms with E-state index in [9.17, 15) is 0 Å². The van der Waals surface area contributed by atoms with Crippen LogP contribution in [0.25, 0.3) is 0 Å². The van der Waals surface area contributed by atoms with Crippen LogP contribution in [0.4, 0.5) is 0 Å². The van der Waals surface area contributed by atoms with Crippen molar-refractivity contribution < 1.29 is 45.2 Å². The van der Waals surface area contributed by atoms with Gasteiger partial charge in [-0.05, 0) is 0 Å². The number of hydrogen-bond acceptors (Lipinski definition) is 0. The molecular formula is C38H52Cl2SiZr. The number of fused-ring (bicyclic) bond motifs is 8. The summed E-state index contributed by atoms with van der Waals surface area (Å²) in [5.74, 6) is 0.598. The van der Waals surface area contributed by atoms with Crippen molar-refractivity contribution in [3.63, 3.8) is 0 Å². The van der Waals surface area contributed by atoms with Gasteiger partial charge in [0.15, 0.2) is 0 Å². The van der Waals surface area contributed by atoms with Crippen LogP contribution in [0.3, 0.4) is 0 Å². The van der Waals surface area contributed by atoms with Crippen LogP contribution in [-0.4, -0.2) is 5.43 Å². The SMILES string of the molecule is CC[Si](CC)=[Zr+2]([C]1=CC=CC1)[CH]1C2C=CC=C(C)C2(C)C2(C)C3(C)C=CC=CC3(C)C3(C)C=CC=CC3(C)C12C.[Cl-].[Cl-]. The van der Waals surface area contributed by atoms with Crippen LogP contribution in [-0.2, 0) is 20.4 Å². The summed E-state index contributed by atoms with van der Waals surface area (Å²) >= 11 is -2.18. The van der Waals surface area contributed by atoms with Gasteiger partial charge in [0.2, 0.25) is 0 Å². The third-order valence-electron chi connectivity index (χ3n) is 15.2. The van der Waals surface area contributed by atoms with Crippen LogP contribution in [0.15, 0.2) is 93.9 Å². The van der Waals surface area contributed by atoms with Crippen molar-refractivity contribution in [1.29, 1.82) is 0 Å². The molecule has 2 fully saturated rings. The second-order valence-corrected chi connectivity index (χ2v) is 31.2. The van der Waals surface area contributed by atoms with Crippen LogP contribution < -0.4 is 24.8 Å². The van der Waals surface area contributed by atoms with E-state index >= 15 is 0 Å². The normalized spacial score (nSPS) is 46.7. The molecule has 6 rings (SSSR count). The van der Waals surface area contributed by atoms with Crippen LogP contribution >= 0.6 is 0 Å². The van der Waals surface area contributed by atoms with Gasteiger partial charge in [-0.25, -0.2) is 0 Å². The number of rotatable bonds is 4. The molecule has 0 heterocycles. The summed E-state index contributed by atoms with van der Waals surface area (Å²) in [5.41, 5.74) is 1.50. The van der Waals surface area contributed by atoms with Gasteiger partial charge in [0.25, 0.3) is 0 Å².